The number of carbonyl (C=O) groups is 2. The van der Waals surface area contributed by atoms with Gasteiger partial charge in [-0.1, -0.05) is 5.59 Å². The zero-order chi connectivity index (χ0) is 22.5. The highest BCUT2D eigenvalue weighted by Gasteiger charge is 2.29. The fraction of sp³-hybridized carbons (Fsp3) is 0.100. The number of rotatable bonds is 6. The van der Waals surface area contributed by atoms with Gasteiger partial charge in [0.15, 0.2) is 5.70 Å². The van der Waals surface area contributed by atoms with Gasteiger partial charge in [0.05, 0.1) is 23.8 Å². The molecule has 162 valence electrons. The van der Waals surface area contributed by atoms with E-state index in [0.717, 1.165) is 12.4 Å². The fourth-order valence-electron chi connectivity index (χ4n) is 2.74. The molecule has 1 aliphatic heterocycles. The molecule has 1 fully saturated rings. The summed E-state index contributed by atoms with van der Waals surface area (Å²) < 4.78 is 11.1. The molecule has 1 saturated heterocycles. The maximum absolute atomic E-state index is 12.3. The minimum Gasteiger partial charge on any atom is -0.539 e. The number of nitrogens with zero attached hydrogens (tertiary/aromatic N) is 5. The molecular weight excluding hydrogens is 420 g/mol. The smallest absolute Gasteiger partial charge is 0.378 e. The molecule has 1 N–H and O–H groups in total. The Labute approximate surface area is 180 Å². The van der Waals surface area contributed by atoms with E-state index >= 15 is 0 Å². The van der Waals surface area contributed by atoms with E-state index in [1.54, 1.807) is 36.4 Å². The Morgan fingerprint density at radius 2 is 2.00 bits per heavy atom. The van der Waals surface area contributed by atoms with Crippen LogP contribution in [0.1, 0.15) is 17.3 Å². The lowest BCUT2D eigenvalue weighted by Gasteiger charge is -2.15. The van der Waals surface area contributed by atoms with Crippen LogP contribution in [-0.4, -0.2) is 23.8 Å². The van der Waals surface area contributed by atoms with Crippen molar-refractivity contribution >= 4 is 17.6 Å². The summed E-state index contributed by atoms with van der Waals surface area (Å²) in [6.45, 7) is 2.41. The number of nitrogens with one attached hydrogen (secondary N) is 1. The first-order chi connectivity index (χ1) is 15.5. The summed E-state index contributed by atoms with van der Waals surface area (Å²) >= 11 is 0. The third kappa shape index (κ3) is 4.44. The molecule has 2 aromatic carbocycles. The molecule has 3 aromatic rings. The first-order valence-corrected chi connectivity index (χ1v) is 9.36. The predicted molar refractivity (Wildman–Crippen MR) is 104 cm³/mol. The van der Waals surface area contributed by atoms with E-state index in [-0.39, 0.29) is 11.3 Å². The Morgan fingerprint density at radius 1 is 1.25 bits per heavy atom. The molecule has 4 rings (SSSR count). The molecule has 32 heavy (non-hydrogen) atoms. The number of ether oxygens (including phenoxy) is 1. The van der Waals surface area contributed by atoms with Crippen LogP contribution in [0.25, 0.3) is 5.69 Å². The van der Waals surface area contributed by atoms with Crippen LogP contribution in [-0.2, 0) is 9.63 Å². The van der Waals surface area contributed by atoms with E-state index < -0.39 is 17.8 Å². The van der Waals surface area contributed by atoms with E-state index in [2.05, 4.69) is 25.6 Å². The van der Waals surface area contributed by atoms with Crippen molar-refractivity contribution in [3.63, 3.8) is 0 Å². The topological polar surface area (TPSA) is 146 Å². The molecule has 1 aliphatic rings. The van der Waals surface area contributed by atoms with Crippen LogP contribution in [0.15, 0.2) is 81.4 Å². The number of carbonyl (C=O) groups excluding carboxylic acids is 2. The van der Waals surface area contributed by atoms with Crippen LogP contribution >= 0.6 is 0 Å². The molecule has 0 saturated carbocycles. The predicted octanol–water partition coefficient (Wildman–Crippen LogP) is 1.34. The van der Waals surface area contributed by atoms with Crippen molar-refractivity contribution in [3.8, 4) is 17.4 Å². The number of amides is 1. The average molecular weight is 436 g/mol. The van der Waals surface area contributed by atoms with Crippen LogP contribution in [0, 0.1) is 0 Å². The minimum atomic E-state index is -0.683. The highest BCUT2D eigenvalue weighted by Crippen LogP contribution is 2.24. The summed E-state index contributed by atoms with van der Waals surface area (Å²) in [5.41, 5.74) is 3.87. The molecule has 12 heteroatoms. The van der Waals surface area contributed by atoms with E-state index in [1.165, 1.54) is 21.8 Å². The average Bonchev–Trinajstić information content (AvgIpc) is 3.40. The van der Waals surface area contributed by atoms with Crippen molar-refractivity contribution < 1.29 is 33.5 Å². The van der Waals surface area contributed by atoms with Crippen molar-refractivity contribution in [2.75, 3.05) is 11.6 Å². The zero-order valence-electron chi connectivity index (χ0n) is 16.7. The molecule has 0 bridgehead atoms. The van der Waals surface area contributed by atoms with Crippen LogP contribution in [0.4, 0.5) is 5.69 Å². The van der Waals surface area contributed by atoms with Gasteiger partial charge in [-0.2, -0.15) is 5.11 Å². The molecule has 0 unspecified atom stereocenters. The molecule has 1 amide bonds. The standard InChI is InChI=1S/C20H16N6O6/c1-2-30-16-9-7-15(8-10-16)26-17(20(29)32-24-26)11-21-22-19(28)13-3-5-14(6-4-13)25-12-18(27)31-23-25/h3-12,24H,2H2,1H3/b17-11+,22-21?. The fourth-order valence-corrected chi connectivity index (χ4v) is 2.74. The van der Waals surface area contributed by atoms with Gasteiger partial charge in [-0.3, -0.25) is 4.79 Å². The normalized spacial score (nSPS) is 14.8. The highest BCUT2D eigenvalue weighted by atomic mass is 16.7. The van der Waals surface area contributed by atoms with E-state index in [9.17, 15) is 14.7 Å². The van der Waals surface area contributed by atoms with Crippen molar-refractivity contribution in [1.29, 1.82) is 0 Å². The number of aromatic nitrogens is 2. The second-order valence-electron chi connectivity index (χ2n) is 6.29. The Bertz CT molecular complexity index is 1190. The quantitative estimate of drug-likeness (QED) is 0.343. The van der Waals surface area contributed by atoms with Crippen molar-refractivity contribution in [2.45, 2.75) is 6.92 Å². The van der Waals surface area contributed by atoms with Crippen molar-refractivity contribution in [1.82, 2.24) is 10.9 Å². The number of hydrazine groups is 1. The summed E-state index contributed by atoms with van der Waals surface area (Å²) in [5, 5.41) is 23.3. The van der Waals surface area contributed by atoms with E-state index in [4.69, 9.17) is 9.57 Å². The molecule has 0 atom stereocenters. The lowest BCUT2D eigenvalue weighted by Crippen LogP contribution is -2.31. The monoisotopic (exact) mass is 436 g/mol. The third-order valence-electron chi connectivity index (χ3n) is 4.24. The second-order valence-corrected chi connectivity index (χ2v) is 6.29. The third-order valence-corrected chi connectivity index (χ3v) is 4.24. The Kier molecular flexibility index (Phi) is 5.85. The van der Waals surface area contributed by atoms with Crippen LogP contribution in [0.3, 0.4) is 0 Å². The number of hydrogen-bond donors (Lipinski definition) is 1. The molecule has 0 radical (unpaired) electrons. The molecule has 0 spiro atoms. The van der Waals surface area contributed by atoms with E-state index in [1.807, 2.05) is 6.92 Å². The number of anilines is 1. The first kappa shape index (κ1) is 20.7. The lowest BCUT2D eigenvalue weighted by atomic mass is 10.2. The summed E-state index contributed by atoms with van der Waals surface area (Å²) in [6, 6.07) is 13.0. The van der Waals surface area contributed by atoms with Crippen LogP contribution < -0.4 is 25.1 Å². The van der Waals surface area contributed by atoms with Gasteiger partial charge in [-0.25, -0.2) is 9.80 Å². The van der Waals surface area contributed by atoms with Gasteiger partial charge >= 0.3 is 5.97 Å². The zero-order valence-corrected chi connectivity index (χ0v) is 16.7. The summed E-state index contributed by atoms with van der Waals surface area (Å²) in [7, 11) is 0. The number of benzene rings is 2. The Hall–Kier alpha value is -4.58. The minimum absolute atomic E-state index is 0.0388. The molecule has 0 aliphatic carbocycles. The maximum Gasteiger partial charge on any atom is 0.378 e. The van der Waals surface area contributed by atoms with Gasteiger partial charge < -0.3 is 19.2 Å². The van der Waals surface area contributed by atoms with Gasteiger partial charge in [0.25, 0.3) is 5.91 Å². The lowest BCUT2D eigenvalue weighted by molar-refractivity contribution is -0.670. The number of hydrogen-bond acceptors (Lipinski definition) is 10. The molecular formula is C20H16N6O6. The maximum atomic E-state index is 12.3. The molecule has 12 nitrogen and oxygen atoms in total. The van der Waals surface area contributed by atoms with Gasteiger partial charge in [-0.05, 0) is 48.0 Å². The van der Waals surface area contributed by atoms with Crippen LogP contribution in [0.2, 0.25) is 0 Å². The van der Waals surface area contributed by atoms with Crippen molar-refractivity contribution in [2.24, 2.45) is 10.2 Å². The van der Waals surface area contributed by atoms with Crippen LogP contribution in [0.5, 0.6) is 11.7 Å². The van der Waals surface area contributed by atoms with E-state index in [0.29, 0.717) is 23.7 Å². The first-order valence-electron chi connectivity index (χ1n) is 9.36. The van der Waals surface area contributed by atoms with Gasteiger partial charge in [0.1, 0.15) is 11.7 Å². The highest BCUT2D eigenvalue weighted by molar-refractivity contribution is 5.95. The Balaban J connectivity index is 1.46. The Morgan fingerprint density at radius 3 is 2.66 bits per heavy atom. The SMILES string of the molecule is CCOc1ccc(N2NOC(=O)/C2=C\N=NC(=O)c2ccc(-[n+]3cc([O-])on3)cc2)cc1. The molecule has 1 aromatic heterocycles. The summed E-state index contributed by atoms with van der Waals surface area (Å²) in [5.74, 6) is -1.22. The number of azo groups is 1. The van der Waals surface area contributed by atoms with Gasteiger partial charge in [0, 0.05) is 17.7 Å². The second kappa shape index (κ2) is 9.06. The summed E-state index contributed by atoms with van der Waals surface area (Å²) in [6.07, 6.45) is 2.28. The summed E-state index contributed by atoms with van der Waals surface area (Å²) in [4.78, 5) is 29.1. The van der Waals surface area contributed by atoms with Crippen molar-refractivity contribution in [3.05, 3.63) is 72.2 Å². The largest absolute Gasteiger partial charge is 0.539 e. The van der Waals surface area contributed by atoms with Gasteiger partial charge in [0.2, 0.25) is 11.9 Å². The van der Waals surface area contributed by atoms with Gasteiger partial charge in [-0.15, -0.1) is 5.11 Å². The molecule has 2 heterocycles.